The monoisotopic (exact) mass is 236 g/mol. The molecule has 1 aliphatic heterocycles. The molecule has 0 spiro atoms. The zero-order chi connectivity index (χ0) is 12.4. The van der Waals surface area contributed by atoms with Crippen LogP contribution in [0.15, 0.2) is 6.07 Å². The summed E-state index contributed by atoms with van der Waals surface area (Å²) in [5.41, 5.74) is 8.54. The van der Waals surface area contributed by atoms with E-state index in [1.165, 1.54) is 0 Å². The summed E-state index contributed by atoms with van der Waals surface area (Å²) in [5.74, 6) is 6.09. The Balaban J connectivity index is 2.18. The third kappa shape index (κ3) is 2.44. The molecule has 1 fully saturated rings. The Kier molecular flexibility index (Phi) is 3.10. The molecule has 0 bridgehead atoms. The van der Waals surface area contributed by atoms with Crippen LogP contribution in [-0.2, 0) is 4.79 Å². The highest BCUT2D eigenvalue weighted by atomic mass is 16.1. The number of aryl methyl sites for hydroxylation is 1. The molecule has 0 aromatic carbocycles. The summed E-state index contributed by atoms with van der Waals surface area (Å²) >= 11 is 0. The highest BCUT2D eigenvalue weighted by molar-refractivity contribution is 5.78. The normalized spacial score (nSPS) is 19.4. The minimum Gasteiger partial charge on any atom is -0.369 e. The van der Waals surface area contributed by atoms with Crippen LogP contribution >= 0.6 is 0 Å². The van der Waals surface area contributed by atoms with Crippen molar-refractivity contribution in [2.75, 3.05) is 23.4 Å². The van der Waals surface area contributed by atoms with E-state index < -0.39 is 0 Å². The summed E-state index contributed by atoms with van der Waals surface area (Å²) in [5, 5.41) is 0. The molecule has 0 radical (unpaired) electrons. The molecular weight excluding hydrogens is 220 g/mol. The van der Waals surface area contributed by atoms with Gasteiger partial charge >= 0.3 is 0 Å². The molecule has 2 rings (SSSR count). The van der Waals surface area contributed by atoms with Gasteiger partial charge in [-0.05, 0) is 13.3 Å². The van der Waals surface area contributed by atoms with Crippen molar-refractivity contribution >= 4 is 17.7 Å². The first-order chi connectivity index (χ1) is 8.10. The molecule has 5 N–H and O–H groups in total. The number of carbonyl (C=O) groups is 1. The molecule has 1 amide bonds. The van der Waals surface area contributed by atoms with Crippen LogP contribution in [0, 0.1) is 12.8 Å². The van der Waals surface area contributed by atoms with Crippen LogP contribution in [0.25, 0.3) is 0 Å². The van der Waals surface area contributed by atoms with Gasteiger partial charge < -0.3 is 10.6 Å². The Bertz CT molecular complexity index is 435. The van der Waals surface area contributed by atoms with E-state index in [1.54, 1.807) is 0 Å². The van der Waals surface area contributed by atoms with Gasteiger partial charge in [-0.15, -0.1) is 0 Å². The van der Waals surface area contributed by atoms with E-state index in [2.05, 4.69) is 15.4 Å². The van der Waals surface area contributed by atoms with Gasteiger partial charge in [0.1, 0.15) is 5.82 Å². The Labute approximate surface area is 99.2 Å². The molecule has 1 saturated heterocycles. The second-order valence-electron chi connectivity index (χ2n) is 4.17. The summed E-state index contributed by atoms with van der Waals surface area (Å²) in [7, 11) is 0. The van der Waals surface area contributed by atoms with Crippen molar-refractivity contribution in [3.8, 4) is 0 Å². The van der Waals surface area contributed by atoms with Gasteiger partial charge in [0.05, 0.1) is 5.92 Å². The number of nitrogens with zero attached hydrogens (tertiary/aromatic N) is 3. The number of carbonyl (C=O) groups excluding carboxylic acids is 1. The molecule has 0 saturated carbocycles. The third-order valence-corrected chi connectivity index (χ3v) is 2.88. The number of hydrogen-bond donors (Lipinski definition) is 3. The number of nitrogens with one attached hydrogen (secondary N) is 1. The predicted octanol–water partition coefficient (Wildman–Crippen LogP) is -0.618. The Hall–Kier alpha value is -1.89. The summed E-state index contributed by atoms with van der Waals surface area (Å²) in [4.78, 5) is 21.5. The molecule has 1 aromatic rings. The van der Waals surface area contributed by atoms with E-state index in [0.717, 1.165) is 24.5 Å². The van der Waals surface area contributed by atoms with Crippen molar-refractivity contribution in [3.63, 3.8) is 0 Å². The van der Waals surface area contributed by atoms with Gasteiger partial charge in [-0.2, -0.15) is 4.98 Å². The minimum absolute atomic E-state index is 0.0976. The van der Waals surface area contributed by atoms with Crippen LogP contribution in [0.3, 0.4) is 0 Å². The zero-order valence-electron chi connectivity index (χ0n) is 9.68. The van der Waals surface area contributed by atoms with Crippen LogP contribution in [0.1, 0.15) is 12.1 Å². The second-order valence-corrected chi connectivity index (χ2v) is 4.17. The molecule has 7 nitrogen and oxygen atoms in total. The number of amides is 1. The molecule has 1 unspecified atom stereocenters. The number of aromatic nitrogens is 2. The summed E-state index contributed by atoms with van der Waals surface area (Å²) < 4.78 is 0. The smallest absolute Gasteiger partial charge is 0.239 e. The predicted molar refractivity (Wildman–Crippen MR) is 64.1 cm³/mol. The first-order valence-electron chi connectivity index (χ1n) is 5.46. The van der Waals surface area contributed by atoms with E-state index >= 15 is 0 Å². The lowest BCUT2D eigenvalue weighted by Crippen LogP contribution is -2.28. The highest BCUT2D eigenvalue weighted by Gasteiger charge is 2.27. The van der Waals surface area contributed by atoms with Gasteiger partial charge in [0.2, 0.25) is 11.9 Å². The van der Waals surface area contributed by atoms with Gasteiger partial charge in [-0.1, -0.05) is 0 Å². The van der Waals surface area contributed by atoms with Crippen LogP contribution in [0.5, 0.6) is 0 Å². The first-order valence-corrected chi connectivity index (χ1v) is 5.46. The lowest BCUT2D eigenvalue weighted by atomic mass is 10.1. The zero-order valence-corrected chi connectivity index (χ0v) is 9.68. The topological polar surface area (TPSA) is 110 Å². The second kappa shape index (κ2) is 4.54. The molecule has 1 aromatic heterocycles. The maximum atomic E-state index is 11.1. The van der Waals surface area contributed by atoms with E-state index in [1.807, 2.05) is 17.9 Å². The number of hydrazine groups is 1. The molecule has 1 atom stereocenters. The summed E-state index contributed by atoms with van der Waals surface area (Å²) in [6.07, 6.45) is 0.768. The number of anilines is 2. The van der Waals surface area contributed by atoms with Gasteiger partial charge in [-0.3, -0.25) is 10.2 Å². The van der Waals surface area contributed by atoms with Gasteiger partial charge in [-0.25, -0.2) is 10.8 Å². The molecule has 7 heteroatoms. The molecular formula is C10H16N6O. The van der Waals surface area contributed by atoms with E-state index in [9.17, 15) is 4.79 Å². The minimum atomic E-state index is -0.254. The first kappa shape index (κ1) is 11.6. The van der Waals surface area contributed by atoms with Crippen molar-refractivity contribution in [2.24, 2.45) is 17.5 Å². The highest BCUT2D eigenvalue weighted by Crippen LogP contribution is 2.23. The van der Waals surface area contributed by atoms with E-state index in [0.29, 0.717) is 12.5 Å². The number of rotatable bonds is 3. The van der Waals surface area contributed by atoms with Gasteiger partial charge in [0.15, 0.2) is 0 Å². The van der Waals surface area contributed by atoms with Gasteiger partial charge in [0.25, 0.3) is 0 Å². The number of primary amides is 1. The van der Waals surface area contributed by atoms with Crippen LogP contribution in [0.4, 0.5) is 11.8 Å². The molecule has 92 valence electrons. The Morgan fingerprint density at radius 3 is 2.94 bits per heavy atom. The van der Waals surface area contributed by atoms with Gasteiger partial charge in [0, 0.05) is 24.8 Å². The van der Waals surface area contributed by atoms with Crippen molar-refractivity contribution in [3.05, 3.63) is 11.8 Å². The molecule has 17 heavy (non-hydrogen) atoms. The Morgan fingerprint density at radius 2 is 2.35 bits per heavy atom. The number of nitrogen functional groups attached to an aromatic ring is 1. The fraction of sp³-hybridized carbons (Fsp3) is 0.500. The third-order valence-electron chi connectivity index (χ3n) is 2.88. The summed E-state index contributed by atoms with van der Waals surface area (Å²) in [6, 6.07) is 1.87. The standard InChI is InChI=1S/C10H16N6O/c1-6-4-8(14-10(13-6)15-12)16-3-2-7(5-16)9(11)17/h4,7H,2-3,5,12H2,1H3,(H2,11,17)(H,13,14,15). The SMILES string of the molecule is Cc1cc(N2CCC(C(N)=O)C2)nc(NN)n1. The fourth-order valence-electron chi connectivity index (χ4n) is 1.98. The average Bonchev–Trinajstić information content (AvgIpc) is 2.77. The lowest BCUT2D eigenvalue weighted by molar-refractivity contribution is -0.121. The van der Waals surface area contributed by atoms with Crippen molar-refractivity contribution in [1.29, 1.82) is 0 Å². The van der Waals surface area contributed by atoms with E-state index in [-0.39, 0.29) is 11.8 Å². The lowest BCUT2D eigenvalue weighted by Gasteiger charge is -2.17. The Morgan fingerprint density at radius 1 is 1.59 bits per heavy atom. The van der Waals surface area contributed by atoms with Crippen molar-refractivity contribution < 1.29 is 4.79 Å². The quantitative estimate of drug-likeness (QED) is 0.476. The maximum absolute atomic E-state index is 11.1. The van der Waals surface area contributed by atoms with Crippen LogP contribution < -0.4 is 21.9 Å². The largest absolute Gasteiger partial charge is 0.369 e. The van der Waals surface area contributed by atoms with Crippen LogP contribution in [-0.4, -0.2) is 29.0 Å². The van der Waals surface area contributed by atoms with Crippen molar-refractivity contribution in [2.45, 2.75) is 13.3 Å². The van der Waals surface area contributed by atoms with Crippen molar-refractivity contribution in [1.82, 2.24) is 9.97 Å². The fourth-order valence-corrected chi connectivity index (χ4v) is 1.98. The average molecular weight is 236 g/mol. The van der Waals surface area contributed by atoms with E-state index in [4.69, 9.17) is 11.6 Å². The molecule has 1 aliphatic rings. The van der Waals surface area contributed by atoms with Crippen LogP contribution in [0.2, 0.25) is 0 Å². The maximum Gasteiger partial charge on any atom is 0.239 e. The molecule has 2 heterocycles. The molecule has 0 aliphatic carbocycles. The number of hydrogen-bond acceptors (Lipinski definition) is 6. The summed E-state index contributed by atoms with van der Waals surface area (Å²) in [6.45, 7) is 3.25. The number of nitrogens with two attached hydrogens (primary N) is 2.